The first kappa shape index (κ1) is 31.8. The van der Waals surface area contributed by atoms with Crippen molar-refractivity contribution in [2.75, 3.05) is 19.8 Å². The van der Waals surface area contributed by atoms with Gasteiger partial charge in [0.15, 0.2) is 14.4 Å². The molecule has 0 aromatic carbocycles. The standard InChI is InChI=1S/C25H52NO6PSi/c1-11-29-33(28,30-12-2)22(10)23-16-25(32-26-23)24(27)15-13-14-21(9)17-31-34(18(3)4,19(5)6)20(7)8/h18-22,24-25,27H,11-17H2,1-10H3/t21-,22?,24+,25+/m0/s1. The van der Waals surface area contributed by atoms with Gasteiger partial charge in [-0.1, -0.05) is 60.0 Å². The second-order valence-electron chi connectivity index (χ2n) is 10.7. The lowest BCUT2D eigenvalue weighted by atomic mass is 9.98. The molecule has 0 radical (unpaired) electrons. The van der Waals surface area contributed by atoms with Crippen molar-refractivity contribution >= 4 is 21.6 Å². The molecule has 7 nitrogen and oxygen atoms in total. The van der Waals surface area contributed by atoms with Crippen molar-refractivity contribution in [3.63, 3.8) is 0 Å². The smallest absolute Gasteiger partial charge is 0.339 e. The summed E-state index contributed by atoms with van der Waals surface area (Å²) in [6.45, 7) is 22.9. The predicted octanol–water partition coefficient (Wildman–Crippen LogP) is 7.15. The Hall–Kier alpha value is -0.243. The third-order valence-electron chi connectivity index (χ3n) is 7.24. The predicted molar refractivity (Wildman–Crippen MR) is 143 cm³/mol. The fourth-order valence-corrected chi connectivity index (χ4v) is 12.7. The van der Waals surface area contributed by atoms with Crippen molar-refractivity contribution in [1.29, 1.82) is 0 Å². The largest absolute Gasteiger partial charge is 0.416 e. The van der Waals surface area contributed by atoms with Crippen molar-refractivity contribution in [3.8, 4) is 0 Å². The lowest BCUT2D eigenvalue weighted by Gasteiger charge is -2.42. The van der Waals surface area contributed by atoms with E-state index in [0.29, 0.717) is 54.3 Å². The van der Waals surface area contributed by atoms with Gasteiger partial charge in [-0.2, -0.15) is 0 Å². The second-order valence-corrected chi connectivity index (χ2v) is 18.5. The van der Waals surface area contributed by atoms with Crippen LogP contribution < -0.4 is 0 Å². The molecule has 0 fully saturated rings. The van der Waals surface area contributed by atoms with Crippen LogP contribution in [-0.4, -0.2) is 56.8 Å². The van der Waals surface area contributed by atoms with Crippen LogP contribution in [0.5, 0.6) is 0 Å². The van der Waals surface area contributed by atoms with Gasteiger partial charge in [0.1, 0.15) is 5.66 Å². The molecule has 1 aliphatic heterocycles. The number of oxime groups is 1. The molecule has 202 valence electrons. The first-order valence-electron chi connectivity index (χ1n) is 13.3. The molecular formula is C25H52NO6PSi. The van der Waals surface area contributed by atoms with Gasteiger partial charge in [0.25, 0.3) is 0 Å². The second kappa shape index (κ2) is 14.5. The highest BCUT2D eigenvalue weighted by atomic mass is 31.2. The van der Waals surface area contributed by atoms with Crippen molar-refractivity contribution < 1.29 is 28.0 Å². The summed E-state index contributed by atoms with van der Waals surface area (Å²) < 4.78 is 30.7. The summed E-state index contributed by atoms with van der Waals surface area (Å²) in [5.41, 5.74) is 1.89. The molecule has 0 spiro atoms. The zero-order chi connectivity index (χ0) is 26.1. The SMILES string of the molecule is CCOP(=O)(OCC)C(C)C1=NO[C@@H]([C@H](O)CCC[C@H](C)CO[Si](C(C)C)(C(C)C)C(C)C)C1. The van der Waals surface area contributed by atoms with Crippen LogP contribution in [0.3, 0.4) is 0 Å². The number of hydrogen-bond acceptors (Lipinski definition) is 7. The highest BCUT2D eigenvalue weighted by Gasteiger charge is 2.45. The number of hydrogen-bond donors (Lipinski definition) is 1. The third-order valence-corrected chi connectivity index (χ3v) is 15.8. The number of aliphatic hydroxyl groups is 1. The van der Waals surface area contributed by atoms with Gasteiger partial charge in [-0.25, -0.2) is 0 Å². The Morgan fingerprint density at radius 2 is 1.53 bits per heavy atom. The van der Waals surface area contributed by atoms with E-state index in [1.165, 1.54) is 0 Å². The van der Waals surface area contributed by atoms with E-state index in [1.807, 2.05) is 0 Å². The number of aliphatic hydroxyl groups excluding tert-OH is 1. The van der Waals surface area contributed by atoms with Crippen LogP contribution in [0.2, 0.25) is 16.6 Å². The molecule has 0 bridgehead atoms. The first-order valence-corrected chi connectivity index (χ1v) is 17.0. The molecule has 0 aliphatic carbocycles. The molecule has 4 atom stereocenters. The Kier molecular flexibility index (Phi) is 13.5. The first-order chi connectivity index (χ1) is 15.9. The quantitative estimate of drug-likeness (QED) is 0.162. The maximum atomic E-state index is 13.0. The minimum absolute atomic E-state index is 0.304. The van der Waals surface area contributed by atoms with Gasteiger partial charge in [0, 0.05) is 13.0 Å². The fourth-order valence-electron chi connectivity index (χ4n) is 5.40. The minimum Gasteiger partial charge on any atom is -0.416 e. The summed E-state index contributed by atoms with van der Waals surface area (Å²) in [6, 6.07) is 0. The fraction of sp³-hybridized carbons (Fsp3) is 0.960. The number of nitrogens with zero attached hydrogens (tertiary/aromatic N) is 1. The summed E-state index contributed by atoms with van der Waals surface area (Å²) in [5.74, 6) is 0.440. The van der Waals surface area contributed by atoms with E-state index < -0.39 is 33.8 Å². The Balaban J connectivity index is 2.52. The molecule has 0 aromatic rings. The Morgan fingerprint density at radius 1 is 1.00 bits per heavy atom. The van der Waals surface area contributed by atoms with Gasteiger partial charge in [0.2, 0.25) is 0 Å². The van der Waals surface area contributed by atoms with Crippen molar-refractivity contribution in [3.05, 3.63) is 0 Å². The molecular weight excluding hydrogens is 469 g/mol. The van der Waals surface area contributed by atoms with Crippen LogP contribution in [0.1, 0.15) is 94.9 Å². The van der Waals surface area contributed by atoms with E-state index in [9.17, 15) is 9.67 Å². The lowest BCUT2D eigenvalue weighted by Crippen LogP contribution is -2.48. The Bertz CT molecular complexity index is 640. The summed E-state index contributed by atoms with van der Waals surface area (Å²) >= 11 is 0. The van der Waals surface area contributed by atoms with Gasteiger partial charge in [-0.3, -0.25) is 4.57 Å². The van der Waals surface area contributed by atoms with E-state index in [0.717, 1.165) is 19.4 Å². The van der Waals surface area contributed by atoms with Crippen LogP contribution in [0, 0.1) is 5.92 Å². The average molecular weight is 522 g/mol. The van der Waals surface area contributed by atoms with E-state index in [-0.39, 0.29) is 0 Å². The average Bonchev–Trinajstić information content (AvgIpc) is 3.23. The van der Waals surface area contributed by atoms with Gasteiger partial charge >= 0.3 is 7.60 Å². The highest BCUT2D eigenvalue weighted by Crippen LogP contribution is 2.54. The molecule has 1 N–H and O–H groups in total. The monoisotopic (exact) mass is 521 g/mol. The van der Waals surface area contributed by atoms with Crippen molar-refractivity contribution in [2.45, 2.75) is 129 Å². The molecule has 0 amide bonds. The highest BCUT2D eigenvalue weighted by molar-refractivity contribution is 7.55. The van der Waals surface area contributed by atoms with Crippen LogP contribution in [0.25, 0.3) is 0 Å². The van der Waals surface area contributed by atoms with E-state index in [4.69, 9.17) is 18.3 Å². The normalized spacial score (nSPS) is 20.1. The molecule has 9 heteroatoms. The maximum Gasteiger partial charge on any atom is 0.339 e. The van der Waals surface area contributed by atoms with Crippen LogP contribution in [0.15, 0.2) is 5.16 Å². The lowest BCUT2D eigenvalue weighted by molar-refractivity contribution is -0.0219. The molecule has 1 heterocycles. The summed E-state index contributed by atoms with van der Waals surface area (Å²) in [6.07, 6.45) is 1.94. The molecule has 1 rings (SSSR count). The molecule has 1 aliphatic rings. The van der Waals surface area contributed by atoms with Crippen molar-refractivity contribution in [2.24, 2.45) is 11.1 Å². The van der Waals surface area contributed by atoms with E-state index >= 15 is 0 Å². The van der Waals surface area contributed by atoms with Gasteiger partial charge < -0.3 is 23.4 Å². The topological polar surface area (TPSA) is 86.6 Å². The molecule has 1 unspecified atom stereocenters. The zero-order valence-corrected chi connectivity index (χ0v) is 25.3. The molecule has 0 aromatic heterocycles. The van der Waals surface area contributed by atoms with E-state index in [2.05, 4.69) is 53.6 Å². The Morgan fingerprint density at radius 3 is 2.00 bits per heavy atom. The third kappa shape index (κ3) is 8.14. The van der Waals surface area contributed by atoms with Gasteiger partial charge in [-0.15, -0.1) is 0 Å². The van der Waals surface area contributed by atoms with Crippen molar-refractivity contribution in [1.82, 2.24) is 0 Å². The van der Waals surface area contributed by atoms with Crippen LogP contribution in [0.4, 0.5) is 0 Å². The van der Waals surface area contributed by atoms with E-state index in [1.54, 1.807) is 20.8 Å². The maximum absolute atomic E-state index is 13.0. The summed E-state index contributed by atoms with van der Waals surface area (Å²) in [7, 11) is -5.14. The summed E-state index contributed by atoms with van der Waals surface area (Å²) in [5, 5.41) is 14.8. The number of rotatable bonds is 17. The molecule has 0 saturated carbocycles. The summed E-state index contributed by atoms with van der Waals surface area (Å²) in [4.78, 5) is 5.52. The molecule has 34 heavy (non-hydrogen) atoms. The van der Waals surface area contributed by atoms with Crippen LogP contribution in [-0.2, 0) is 22.9 Å². The zero-order valence-electron chi connectivity index (χ0n) is 23.4. The van der Waals surface area contributed by atoms with Crippen LogP contribution >= 0.6 is 7.60 Å². The van der Waals surface area contributed by atoms with Gasteiger partial charge in [-0.05, 0) is 56.2 Å². The van der Waals surface area contributed by atoms with Gasteiger partial charge in [0.05, 0.1) is 25.0 Å². The Labute approximate surface area is 210 Å². The molecule has 0 saturated heterocycles. The minimum atomic E-state index is -3.30.